The molecule has 0 aromatic heterocycles. The molecule has 1 fully saturated rings. The molecule has 1 N–H and O–H groups in total. The van der Waals surface area contributed by atoms with E-state index in [1.807, 2.05) is 13.8 Å². The van der Waals surface area contributed by atoms with E-state index in [-0.39, 0.29) is 18.0 Å². The molecule has 0 aliphatic carbocycles. The third-order valence-corrected chi connectivity index (χ3v) is 3.90. The van der Waals surface area contributed by atoms with Crippen LogP contribution in [0.2, 0.25) is 0 Å². The van der Waals surface area contributed by atoms with Gasteiger partial charge in [-0.05, 0) is 31.9 Å². The first-order valence-corrected chi connectivity index (χ1v) is 7.02. The van der Waals surface area contributed by atoms with Crippen LogP contribution in [0.25, 0.3) is 0 Å². The number of hydrogen-bond acceptors (Lipinski definition) is 2. The fourth-order valence-electron chi connectivity index (χ4n) is 2.77. The van der Waals surface area contributed by atoms with E-state index >= 15 is 0 Å². The van der Waals surface area contributed by atoms with E-state index in [4.69, 9.17) is 0 Å². The minimum absolute atomic E-state index is 0.0348. The third-order valence-electron chi connectivity index (χ3n) is 3.90. The lowest BCUT2D eigenvalue weighted by molar-refractivity contribution is -0.132. The molecule has 0 saturated carbocycles. The highest BCUT2D eigenvalue weighted by molar-refractivity contribution is 5.84. The van der Waals surface area contributed by atoms with Crippen LogP contribution in [-0.4, -0.2) is 22.9 Å². The van der Waals surface area contributed by atoms with Crippen molar-refractivity contribution in [3.05, 3.63) is 35.4 Å². The molecule has 1 aliphatic heterocycles. The van der Waals surface area contributed by atoms with Gasteiger partial charge in [0.25, 0.3) is 0 Å². The molecular weight excluding hydrogens is 262 g/mol. The Labute approximate surface area is 118 Å². The van der Waals surface area contributed by atoms with Gasteiger partial charge in [-0.25, -0.2) is 8.78 Å². The summed E-state index contributed by atoms with van der Waals surface area (Å²) in [5.41, 5.74) is 0.316. The number of benzene rings is 1. The first-order chi connectivity index (χ1) is 9.49. The van der Waals surface area contributed by atoms with Crippen LogP contribution in [0.5, 0.6) is 0 Å². The van der Waals surface area contributed by atoms with Gasteiger partial charge in [-0.15, -0.1) is 0 Å². The van der Waals surface area contributed by atoms with Gasteiger partial charge in [-0.1, -0.05) is 13.8 Å². The topological polar surface area (TPSA) is 32.3 Å². The molecule has 2 unspecified atom stereocenters. The van der Waals surface area contributed by atoms with Gasteiger partial charge in [0.15, 0.2) is 0 Å². The molecule has 20 heavy (non-hydrogen) atoms. The molecule has 5 heteroatoms. The Morgan fingerprint density at radius 3 is 2.50 bits per heavy atom. The summed E-state index contributed by atoms with van der Waals surface area (Å²) in [6.45, 7) is 5.77. The van der Waals surface area contributed by atoms with Crippen LogP contribution in [0.4, 0.5) is 8.78 Å². The SMILES string of the molecule is CCC(CC)N1C(=O)C(C)NC1c1ccc(F)cc1F. The number of nitrogens with zero attached hydrogens (tertiary/aromatic N) is 1. The van der Waals surface area contributed by atoms with Crippen molar-refractivity contribution in [3.63, 3.8) is 0 Å². The van der Waals surface area contributed by atoms with Crippen molar-refractivity contribution in [2.45, 2.75) is 51.9 Å². The molecule has 1 heterocycles. The highest BCUT2D eigenvalue weighted by atomic mass is 19.1. The Bertz CT molecular complexity index is 503. The summed E-state index contributed by atoms with van der Waals surface area (Å²) in [6.07, 6.45) is 1.08. The molecular formula is C15H20F2N2O. The second-order valence-electron chi connectivity index (χ2n) is 5.17. The Morgan fingerprint density at radius 2 is 1.95 bits per heavy atom. The molecule has 2 rings (SSSR count). The molecule has 1 aliphatic rings. The molecule has 3 nitrogen and oxygen atoms in total. The summed E-state index contributed by atoms with van der Waals surface area (Å²) in [7, 11) is 0. The lowest BCUT2D eigenvalue weighted by atomic mass is 10.1. The van der Waals surface area contributed by atoms with Crippen molar-refractivity contribution in [2.24, 2.45) is 0 Å². The predicted octanol–water partition coefficient (Wildman–Crippen LogP) is 2.97. The number of carbonyl (C=O) groups is 1. The molecule has 1 aromatic carbocycles. The van der Waals surface area contributed by atoms with Crippen LogP contribution < -0.4 is 5.32 Å². The van der Waals surface area contributed by atoms with E-state index in [2.05, 4.69) is 5.32 Å². The monoisotopic (exact) mass is 282 g/mol. The van der Waals surface area contributed by atoms with E-state index in [0.29, 0.717) is 5.56 Å². The summed E-state index contributed by atoms with van der Waals surface area (Å²) in [5, 5.41) is 3.09. The van der Waals surface area contributed by atoms with Gasteiger partial charge in [0.05, 0.1) is 6.04 Å². The minimum atomic E-state index is -0.625. The summed E-state index contributed by atoms with van der Waals surface area (Å²) < 4.78 is 27.0. The van der Waals surface area contributed by atoms with Crippen LogP contribution in [-0.2, 0) is 4.79 Å². The lowest BCUT2D eigenvalue weighted by Crippen LogP contribution is -2.39. The van der Waals surface area contributed by atoms with Gasteiger partial charge in [0.2, 0.25) is 5.91 Å². The number of halogens is 2. The van der Waals surface area contributed by atoms with Crippen LogP contribution >= 0.6 is 0 Å². The Morgan fingerprint density at radius 1 is 1.30 bits per heavy atom. The molecule has 1 amide bonds. The smallest absolute Gasteiger partial charge is 0.241 e. The third kappa shape index (κ3) is 2.54. The zero-order chi connectivity index (χ0) is 14.9. The Kier molecular flexibility index (Phi) is 4.38. The number of hydrogen-bond donors (Lipinski definition) is 1. The summed E-state index contributed by atoms with van der Waals surface area (Å²) in [4.78, 5) is 14.0. The van der Waals surface area contributed by atoms with Crippen molar-refractivity contribution in [1.29, 1.82) is 0 Å². The van der Waals surface area contributed by atoms with E-state index < -0.39 is 17.8 Å². The van der Waals surface area contributed by atoms with Gasteiger partial charge >= 0.3 is 0 Å². The molecule has 110 valence electrons. The highest BCUT2D eigenvalue weighted by Crippen LogP contribution is 2.31. The molecule has 0 radical (unpaired) electrons. The van der Waals surface area contributed by atoms with Gasteiger partial charge < -0.3 is 4.90 Å². The van der Waals surface area contributed by atoms with E-state index in [9.17, 15) is 13.6 Å². The standard InChI is InChI=1S/C15H20F2N2O/c1-4-11(5-2)19-14(18-9(3)15(19)20)12-7-6-10(16)8-13(12)17/h6-9,11,14,18H,4-5H2,1-3H3. The second kappa shape index (κ2) is 5.87. The van der Waals surface area contributed by atoms with E-state index in [0.717, 1.165) is 18.9 Å². The highest BCUT2D eigenvalue weighted by Gasteiger charge is 2.41. The van der Waals surface area contributed by atoms with Crippen LogP contribution in [0, 0.1) is 11.6 Å². The maximum atomic E-state index is 14.0. The second-order valence-corrected chi connectivity index (χ2v) is 5.17. The van der Waals surface area contributed by atoms with Crippen molar-refractivity contribution in [1.82, 2.24) is 10.2 Å². The average molecular weight is 282 g/mol. The Hall–Kier alpha value is -1.49. The molecule has 1 saturated heterocycles. The summed E-state index contributed by atoms with van der Waals surface area (Å²) >= 11 is 0. The summed E-state index contributed by atoms with van der Waals surface area (Å²) in [5.74, 6) is -1.27. The van der Waals surface area contributed by atoms with E-state index in [1.54, 1.807) is 11.8 Å². The number of carbonyl (C=O) groups excluding carboxylic acids is 1. The normalized spacial score (nSPS) is 22.9. The fraction of sp³-hybridized carbons (Fsp3) is 0.533. The number of nitrogens with one attached hydrogen (secondary N) is 1. The molecule has 0 spiro atoms. The van der Waals surface area contributed by atoms with Crippen LogP contribution in [0.3, 0.4) is 0 Å². The van der Waals surface area contributed by atoms with Gasteiger partial charge in [0, 0.05) is 17.7 Å². The minimum Gasteiger partial charge on any atom is -0.318 e. The maximum absolute atomic E-state index is 14.0. The summed E-state index contributed by atoms with van der Waals surface area (Å²) in [6, 6.07) is 3.18. The van der Waals surface area contributed by atoms with Gasteiger partial charge in [-0.2, -0.15) is 0 Å². The number of amides is 1. The van der Waals surface area contributed by atoms with Crippen molar-refractivity contribution in [3.8, 4) is 0 Å². The molecule has 1 aromatic rings. The van der Waals surface area contributed by atoms with Crippen molar-refractivity contribution in [2.75, 3.05) is 0 Å². The lowest BCUT2D eigenvalue weighted by Gasteiger charge is -2.32. The molecule has 2 atom stereocenters. The first kappa shape index (κ1) is 14.9. The van der Waals surface area contributed by atoms with Gasteiger partial charge in [-0.3, -0.25) is 10.1 Å². The van der Waals surface area contributed by atoms with Crippen molar-refractivity contribution < 1.29 is 13.6 Å². The average Bonchev–Trinajstić information content (AvgIpc) is 2.69. The van der Waals surface area contributed by atoms with Crippen LogP contribution in [0.15, 0.2) is 18.2 Å². The predicted molar refractivity (Wildman–Crippen MR) is 72.9 cm³/mol. The maximum Gasteiger partial charge on any atom is 0.241 e. The van der Waals surface area contributed by atoms with Crippen molar-refractivity contribution >= 4 is 5.91 Å². The fourth-order valence-corrected chi connectivity index (χ4v) is 2.77. The zero-order valence-corrected chi connectivity index (χ0v) is 12.0. The zero-order valence-electron chi connectivity index (χ0n) is 12.0. The van der Waals surface area contributed by atoms with Crippen LogP contribution in [0.1, 0.15) is 45.3 Å². The largest absolute Gasteiger partial charge is 0.318 e. The van der Waals surface area contributed by atoms with E-state index in [1.165, 1.54) is 12.1 Å². The Balaban J connectivity index is 2.39. The quantitative estimate of drug-likeness (QED) is 0.921. The molecule has 0 bridgehead atoms. The first-order valence-electron chi connectivity index (χ1n) is 7.02. The number of rotatable bonds is 4. The van der Waals surface area contributed by atoms with Gasteiger partial charge in [0.1, 0.15) is 17.8 Å².